The van der Waals surface area contributed by atoms with E-state index in [1.807, 2.05) is 12.1 Å². The summed E-state index contributed by atoms with van der Waals surface area (Å²) in [6.45, 7) is 6.48. The molecular weight excluding hydrogens is 156 g/mol. The zero-order chi connectivity index (χ0) is 8.32. The Hall–Kier alpha value is -0.570. The van der Waals surface area contributed by atoms with Crippen molar-refractivity contribution in [3.63, 3.8) is 0 Å². The average Bonchev–Trinajstić information content (AvgIpc) is 1.85. The number of thioether (sulfide) groups is 1. The van der Waals surface area contributed by atoms with Crippen LogP contribution in [-0.2, 0) is 0 Å². The fourth-order valence-electron chi connectivity index (χ4n) is 0.656. The molecule has 1 aromatic heterocycles. The van der Waals surface area contributed by atoms with Gasteiger partial charge in [0, 0.05) is 10.9 Å². The first kappa shape index (κ1) is 8.53. The lowest BCUT2D eigenvalue weighted by Gasteiger charge is -2.15. The highest BCUT2D eigenvalue weighted by Crippen LogP contribution is 2.29. The molecule has 3 heteroatoms. The maximum atomic E-state index is 3.98. The molecule has 0 fully saturated rings. The molecule has 0 N–H and O–H groups in total. The number of aromatic nitrogens is 2. The van der Waals surface area contributed by atoms with E-state index in [1.165, 1.54) is 0 Å². The normalized spacial score (nSPS) is 11.5. The summed E-state index contributed by atoms with van der Waals surface area (Å²) in [6.07, 6.45) is 1.69. The molecule has 0 aliphatic rings. The van der Waals surface area contributed by atoms with E-state index in [0.29, 0.717) is 0 Å². The molecule has 0 saturated heterocycles. The van der Waals surface area contributed by atoms with Gasteiger partial charge in [0.05, 0.1) is 0 Å². The van der Waals surface area contributed by atoms with E-state index in [2.05, 4.69) is 31.0 Å². The SMILES string of the molecule is CC(C)(C)Sc1cccnn1. The van der Waals surface area contributed by atoms with Crippen molar-refractivity contribution in [2.45, 2.75) is 30.5 Å². The molecule has 1 rings (SSSR count). The van der Waals surface area contributed by atoms with Gasteiger partial charge in [0.2, 0.25) is 0 Å². The summed E-state index contributed by atoms with van der Waals surface area (Å²) in [6, 6.07) is 3.88. The molecule has 0 saturated carbocycles. The van der Waals surface area contributed by atoms with Crippen molar-refractivity contribution in [3.8, 4) is 0 Å². The zero-order valence-electron chi connectivity index (χ0n) is 7.03. The monoisotopic (exact) mass is 168 g/mol. The maximum absolute atomic E-state index is 3.98. The average molecular weight is 168 g/mol. The summed E-state index contributed by atoms with van der Waals surface area (Å²) in [5, 5.41) is 8.76. The fraction of sp³-hybridized carbons (Fsp3) is 0.500. The van der Waals surface area contributed by atoms with Crippen molar-refractivity contribution in [2.24, 2.45) is 0 Å². The Kier molecular flexibility index (Phi) is 2.49. The highest BCUT2D eigenvalue weighted by molar-refractivity contribution is 8.00. The minimum atomic E-state index is 0.218. The van der Waals surface area contributed by atoms with Crippen LogP contribution < -0.4 is 0 Å². The van der Waals surface area contributed by atoms with E-state index in [1.54, 1.807) is 18.0 Å². The van der Waals surface area contributed by atoms with Crippen LogP contribution in [0.2, 0.25) is 0 Å². The highest BCUT2D eigenvalue weighted by atomic mass is 32.2. The van der Waals surface area contributed by atoms with E-state index in [4.69, 9.17) is 0 Å². The molecule has 0 spiro atoms. The smallest absolute Gasteiger partial charge is 0.119 e. The van der Waals surface area contributed by atoms with Crippen LogP contribution >= 0.6 is 11.8 Å². The molecule has 1 aromatic rings. The molecule has 0 aromatic carbocycles. The molecule has 60 valence electrons. The number of rotatable bonds is 1. The van der Waals surface area contributed by atoms with Crippen LogP contribution in [0.3, 0.4) is 0 Å². The zero-order valence-corrected chi connectivity index (χ0v) is 7.85. The van der Waals surface area contributed by atoms with Gasteiger partial charge in [-0.05, 0) is 12.1 Å². The van der Waals surface area contributed by atoms with Crippen LogP contribution in [-0.4, -0.2) is 14.9 Å². The van der Waals surface area contributed by atoms with Gasteiger partial charge in [-0.1, -0.05) is 32.5 Å². The Morgan fingerprint density at radius 2 is 2.09 bits per heavy atom. The molecule has 2 nitrogen and oxygen atoms in total. The van der Waals surface area contributed by atoms with Crippen molar-refractivity contribution in [2.75, 3.05) is 0 Å². The lowest BCUT2D eigenvalue weighted by atomic mass is 10.3. The van der Waals surface area contributed by atoms with Crippen LogP contribution in [0.4, 0.5) is 0 Å². The van der Waals surface area contributed by atoms with Gasteiger partial charge in [-0.25, -0.2) is 0 Å². The molecule has 0 amide bonds. The van der Waals surface area contributed by atoms with Gasteiger partial charge in [0.15, 0.2) is 0 Å². The first-order chi connectivity index (χ1) is 5.08. The number of hydrogen-bond acceptors (Lipinski definition) is 3. The van der Waals surface area contributed by atoms with Gasteiger partial charge in [-0.3, -0.25) is 0 Å². The Labute approximate surface area is 71.4 Å². The van der Waals surface area contributed by atoms with Gasteiger partial charge in [-0.15, -0.1) is 5.10 Å². The summed E-state index contributed by atoms with van der Waals surface area (Å²) >= 11 is 1.73. The number of hydrogen-bond donors (Lipinski definition) is 0. The fourth-order valence-corrected chi connectivity index (χ4v) is 1.52. The molecule has 0 aliphatic heterocycles. The van der Waals surface area contributed by atoms with Crippen molar-refractivity contribution >= 4 is 11.8 Å². The van der Waals surface area contributed by atoms with Gasteiger partial charge in [0.25, 0.3) is 0 Å². The highest BCUT2D eigenvalue weighted by Gasteiger charge is 2.12. The second-order valence-corrected chi connectivity index (χ2v) is 5.12. The predicted octanol–water partition coefficient (Wildman–Crippen LogP) is 2.37. The molecule has 0 aliphatic carbocycles. The predicted molar refractivity (Wildman–Crippen MR) is 47.6 cm³/mol. The molecular formula is C8H12N2S. The summed E-state index contributed by atoms with van der Waals surface area (Å²) in [5.41, 5.74) is 0. The summed E-state index contributed by atoms with van der Waals surface area (Å²) in [4.78, 5) is 0. The van der Waals surface area contributed by atoms with Crippen LogP contribution in [0.25, 0.3) is 0 Å². The summed E-state index contributed by atoms with van der Waals surface area (Å²) in [5.74, 6) is 0. The Balaban J connectivity index is 2.66. The molecule has 1 heterocycles. The minimum Gasteiger partial charge on any atom is -0.158 e. The third-order valence-corrected chi connectivity index (χ3v) is 2.00. The van der Waals surface area contributed by atoms with Gasteiger partial charge in [0.1, 0.15) is 5.03 Å². The van der Waals surface area contributed by atoms with Gasteiger partial charge >= 0.3 is 0 Å². The third-order valence-electron chi connectivity index (χ3n) is 0.959. The minimum absolute atomic E-state index is 0.218. The Morgan fingerprint density at radius 1 is 1.36 bits per heavy atom. The van der Waals surface area contributed by atoms with Gasteiger partial charge in [-0.2, -0.15) is 5.10 Å². The molecule has 0 bridgehead atoms. The molecule has 0 atom stereocenters. The molecule has 0 radical (unpaired) electrons. The van der Waals surface area contributed by atoms with E-state index in [9.17, 15) is 0 Å². The maximum Gasteiger partial charge on any atom is 0.119 e. The second kappa shape index (κ2) is 3.22. The van der Waals surface area contributed by atoms with Gasteiger partial charge < -0.3 is 0 Å². The van der Waals surface area contributed by atoms with E-state index in [-0.39, 0.29) is 4.75 Å². The first-order valence-corrected chi connectivity index (χ1v) is 4.36. The lowest BCUT2D eigenvalue weighted by molar-refractivity contribution is 0.793. The lowest BCUT2D eigenvalue weighted by Crippen LogP contribution is -2.07. The number of nitrogens with zero attached hydrogens (tertiary/aromatic N) is 2. The quantitative estimate of drug-likeness (QED) is 0.602. The molecule has 11 heavy (non-hydrogen) atoms. The van der Waals surface area contributed by atoms with E-state index < -0.39 is 0 Å². The van der Waals surface area contributed by atoms with Crippen LogP contribution in [0, 0.1) is 0 Å². The van der Waals surface area contributed by atoms with E-state index in [0.717, 1.165) is 5.03 Å². The second-order valence-electron chi connectivity index (χ2n) is 3.28. The Morgan fingerprint density at radius 3 is 2.55 bits per heavy atom. The van der Waals surface area contributed by atoms with Crippen molar-refractivity contribution in [1.82, 2.24) is 10.2 Å². The van der Waals surface area contributed by atoms with Crippen molar-refractivity contribution in [1.29, 1.82) is 0 Å². The van der Waals surface area contributed by atoms with Crippen molar-refractivity contribution < 1.29 is 0 Å². The topological polar surface area (TPSA) is 25.8 Å². The standard InChI is InChI=1S/C8H12N2S/c1-8(2,3)11-7-5-4-6-9-10-7/h4-6H,1-3H3. The Bertz CT molecular complexity index is 215. The summed E-state index contributed by atoms with van der Waals surface area (Å²) in [7, 11) is 0. The largest absolute Gasteiger partial charge is 0.158 e. The third kappa shape index (κ3) is 3.37. The van der Waals surface area contributed by atoms with Crippen LogP contribution in [0.5, 0.6) is 0 Å². The van der Waals surface area contributed by atoms with E-state index >= 15 is 0 Å². The van der Waals surface area contributed by atoms with Crippen LogP contribution in [0.15, 0.2) is 23.4 Å². The first-order valence-electron chi connectivity index (χ1n) is 3.55. The van der Waals surface area contributed by atoms with Crippen LogP contribution in [0.1, 0.15) is 20.8 Å². The van der Waals surface area contributed by atoms with Crippen molar-refractivity contribution in [3.05, 3.63) is 18.3 Å². The summed E-state index contributed by atoms with van der Waals surface area (Å²) < 4.78 is 0.218. The molecule has 0 unspecified atom stereocenters.